The van der Waals surface area contributed by atoms with Gasteiger partial charge in [-0.05, 0) is 31.0 Å². The van der Waals surface area contributed by atoms with E-state index in [0.29, 0.717) is 54.1 Å². The predicted molar refractivity (Wildman–Crippen MR) is 97.6 cm³/mol. The maximum absolute atomic E-state index is 12.3. The molecule has 1 fully saturated rings. The number of esters is 2. The van der Waals surface area contributed by atoms with Gasteiger partial charge in [0.05, 0.1) is 31.6 Å². The highest BCUT2D eigenvalue weighted by atomic mass is 16.5. The van der Waals surface area contributed by atoms with Gasteiger partial charge in [0, 0.05) is 31.0 Å². The summed E-state index contributed by atoms with van der Waals surface area (Å²) in [7, 11) is 2.63. The van der Waals surface area contributed by atoms with Crippen LogP contribution in [0.5, 0.6) is 0 Å². The molecule has 0 spiro atoms. The molecule has 0 unspecified atom stereocenters. The summed E-state index contributed by atoms with van der Waals surface area (Å²) in [6.07, 6.45) is 3.98. The number of nitrogens with zero attached hydrogens (tertiary/aromatic N) is 3. The smallest absolute Gasteiger partial charge is 0.341 e. The Morgan fingerprint density at radius 1 is 1.07 bits per heavy atom. The Labute approximate surface area is 156 Å². The molecule has 3 rings (SSSR count). The first-order chi connectivity index (χ1) is 13.0. The van der Waals surface area contributed by atoms with Crippen LogP contribution < -0.4 is 4.90 Å². The van der Waals surface area contributed by atoms with Gasteiger partial charge in [0.1, 0.15) is 11.4 Å². The van der Waals surface area contributed by atoms with Gasteiger partial charge < -0.3 is 19.5 Å². The molecule has 0 radical (unpaired) electrons. The lowest BCUT2D eigenvalue weighted by atomic mass is 10.1. The first kappa shape index (κ1) is 18.8. The summed E-state index contributed by atoms with van der Waals surface area (Å²) in [6, 6.07) is 4.95. The molecule has 0 bridgehead atoms. The second-order valence-electron chi connectivity index (χ2n) is 6.23. The van der Waals surface area contributed by atoms with E-state index in [4.69, 9.17) is 4.74 Å². The molecule has 8 nitrogen and oxygen atoms in total. The van der Waals surface area contributed by atoms with Crippen LogP contribution in [-0.2, 0) is 9.47 Å². The number of aromatic nitrogens is 2. The minimum absolute atomic E-state index is 0.320. The Morgan fingerprint density at radius 3 is 2.37 bits per heavy atom. The molecule has 1 N–H and O–H groups in total. The fraction of sp³-hybridized carbons (Fsp3) is 0.368. The van der Waals surface area contributed by atoms with Crippen LogP contribution in [0.3, 0.4) is 0 Å². The number of carbonyl (C=O) groups is 2. The van der Waals surface area contributed by atoms with E-state index in [1.165, 1.54) is 20.4 Å². The number of aliphatic hydroxyl groups is 1. The molecule has 1 aliphatic heterocycles. The van der Waals surface area contributed by atoms with Crippen molar-refractivity contribution >= 4 is 17.8 Å². The normalized spacial score (nSPS) is 14.7. The van der Waals surface area contributed by atoms with Crippen molar-refractivity contribution in [2.45, 2.75) is 18.9 Å². The summed E-state index contributed by atoms with van der Waals surface area (Å²) >= 11 is 0. The molecule has 142 valence electrons. The number of anilines is 1. The van der Waals surface area contributed by atoms with E-state index in [0.717, 1.165) is 0 Å². The van der Waals surface area contributed by atoms with Crippen LogP contribution in [0.1, 0.15) is 33.6 Å². The van der Waals surface area contributed by atoms with E-state index < -0.39 is 11.9 Å². The van der Waals surface area contributed by atoms with Crippen LogP contribution in [0.2, 0.25) is 0 Å². The van der Waals surface area contributed by atoms with Gasteiger partial charge in [-0.3, -0.25) is 4.98 Å². The summed E-state index contributed by atoms with van der Waals surface area (Å²) < 4.78 is 9.57. The molecule has 2 aromatic heterocycles. The number of rotatable bonds is 4. The second kappa shape index (κ2) is 8.13. The van der Waals surface area contributed by atoms with E-state index in [2.05, 4.69) is 14.7 Å². The third-order valence-electron chi connectivity index (χ3n) is 4.52. The van der Waals surface area contributed by atoms with E-state index in [1.807, 2.05) is 4.90 Å². The standard InChI is InChI=1S/C19H21N3O5/c1-26-18(24)12-3-4-16(20-10-12)13-9-15(19(25)27-2)17(21-11-13)22-7-5-14(23)6-8-22/h3-4,9-11,14,23H,5-8H2,1-2H3. The first-order valence-corrected chi connectivity index (χ1v) is 8.59. The Morgan fingerprint density at radius 2 is 1.78 bits per heavy atom. The average Bonchev–Trinajstić information content (AvgIpc) is 2.73. The monoisotopic (exact) mass is 371 g/mol. The average molecular weight is 371 g/mol. The van der Waals surface area contributed by atoms with Crippen LogP contribution in [0.25, 0.3) is 11.3 Å². The van der Waals surface area contributed by atoms with Crippen LogP contribution in [0.4, 0.5) is 5.82 Å². The van der Waals surface area contributed by atoms with Gasteiger partial charge in [0.25, 0.3) is 0 Å². The maximum Gasteiger partial charge on any atom is 0.341 e. The molecule has 1 aliphatic rings. The fourth-order valence-corrected chi connectivity index (χ4v) is 2.99. The first-order valence-electron chi connectivity index (χ1n) is 8.59. The molecule has 1 saturated heterocycles. The lowest BCUT2D eigenvalue weighted by molar-refractivity contribution is 0.0591. The number of ether oxygens (including phenoxy) is 2. The lowest BCUT2D eigenvalue weighted by Gasteiger charge is -2.31. The minimum atomic E-state index is -0.489. The Bertz CT molecular complexity index is 830. The summed E-state index contributed by atoms with van der Waals surface area (Å²) in [4.78, 5) is 34.5. The highest BCUT2D eigenvalue weighted by molar-refractivity contribution is 5.96. The van der Waals surface area contributed by atoms with Gasteiger partial charge in [-0.1, -0.05) is 0 Å². The van der Waals surface area contributed by atoms with Crippen molar-refractivity contribution in [1.82, 2.24) is 9.97 Å². The largest absolute Gasteiger partial charge is 0.465 e. The van der Waals surface area contributed by atoms with Gasteiger partial charge in [-0.25, -0.2) is 14.6 Å². The summed E-state index contributed by atoms with van der Waals surface area (Å²) in [5.74, 6) is -0.426. The van der Waals surface area contributed by atoms with Crippen molar-refractivity contribution in [3.05, 3.63) is 41.7 Å². The molecule has 0 amide bonds. The molecule has 2 aromatic rings. The fourth-order valence-electron chi connectivity index (χ4n) is 2.99. The summed E-state index contributed by atoms with van der Waals surface area (Å²) in [5.41, 5.74) is 1.88. The molecule has 8 heteroatoms. The van der Waals surface area contributed by atoms with Gasteiger partial charge in [0.2, 0.25) is 0 Å². The van der Waals surface area contributed by atoms with E-state index in [9.17, 15) is 14.7 Å². The molecule has 0 atom stereocenters. The number of aliphatic hydroxyl groups excluding tert-OH is 1. The number of carbonyl (C=O) groups excluding carboxylic acids is 2. The molecule has 0 aromatic carbocycles. The van der Waals surface area contributed by atoms with Gasteiger partial charge in [-0.2, -0.15) is 0 Å². The SMILES string of the molecule is COC(=O)c1ccc(-c2cnc(N3CCC(O)CC3)c(C(=O)OC)c2)nc1. The van der Waals surface area contributed by atoms with Crippen molar-refractivity contribution in [3.63, 3.8) is 0 Å². The lowest BCUT2D eigenvalue weighted by Crippen LogP contribution is -2.37. The van der Waals surface area contributed by atoms with Gasteiger partial charge >= 0.3 is 11.9 Å². The van der Waals surface area contributed by atoms with Crippen LogP contribution >= 0.6 is 0 Å². The second-order valence-corrected chi connectivity index (χ2v) is 6.23. The third-order valence-corrected chi connectivity index (χ3v) is 4.52. The number of hydrogen-bond acceptors (Lipinski definition) is 8. The van der Waals surface area contributed by atoms with Crippen LogP contribution in [0, 0.1) is 0 Å². The van der Waals surface area contributed by atoms with E-state index in [1.54, 1.807) is 24.4 Å². The topological polar surface area (TPSA) is 102 Å². The zero-order valence-electron chi connectivity index (χ0n) is 15.2. The highest BCUT2D eigenvalue weighted by Crippen LogP contribution is 2.27. The van der Waals surface area contributed by atoms with E-state index >= 15 is 0 Å². The van der Waals surface area contributed by atoms with Crippen molar-refractivity contribution in [2.24, 2.45) is 0 Å². The predicted octanol–water partition coefficient (Wildman–Crippen LogP) is 1.68. The number of hydrogen-bond donors (Lipinski definition) is 1. The zero-order valence-corrected chi connectivity index (χ0v) is 15.2. The maximum atomic E-state index is 12.3. The Hall–Kier alpha value is -3.00. The minimum Gasteiger partial charge on any atom is -0.465 e. The van der Waals surface area contributed by atoms with Crippen molar-refractivity contribution in [2.75, 3.05) is 32.2 Å². The van der Waals surface area contributed by atoms with E-state index in [-0.39, 0.29) is 6.10 Å². The Kier molecular flexibility index (Phi) is 5.66. The zero-order chi connectivity index (χ0) is 19.4. The van der Waals surface area contributed by atoms with Gasteiger partial charge in [-0.15, -0.1) is 0 Å². The quantitative estimate of drug-likeness (QED) is 0.810. The van der Waals surface area contributed by atoms with Crippen molar-refractivity contribution in [1.29, 1.82) is 0 Å². The third kappa shape index (κ3) is 4.06. The van der Waals surface area contributed by atoms with Gasteiger partial charge in [0.15, 0.2) is 0 Å². The number of piperidine rings is 1. The molecule has 0 aliphatic carbocycles. The molecule has 27 heavy (non-hydrogen) atoms. The van der Waals surface area contributed by atoms with Crippen molar-refractivity contribution in [3.8, 4) is 11.3 Å². The molecule has 3 heterocycles. The van der Waals surface area contributed by atoms with Crippen LogP contribution in [-0.4, -0.2) is 60.4 Å². The molecular formula is C19H21N3O5. The number of methoxy groups -OCH3 is 2. The summed E-state index contributed by atoms with van der Waals surface area (Å²) in [5, 5.41) is 9.69. The van der Waals surface area contributed by atoms with Crippen LogP contribution in [0.15, 0.2) is 30.6 Å². The molecule has 0 saturated carbocycles. The molecular weight excluding hydrogens is 350 g/mol. The highest BCUT2D eigenvalue weighted by Gasteiger charge is 2.24. The van der Waals surface area contributed by atoms with Crippen molar-refractivity contribution < 1.29 is 24.2 Å². The number of pyridine rings is 2. The summed E-state index contributed by atoms with van der Waals surface area (Å²) in [6.45, 7) is 1.23. The Balaban J connectivity index is 1.93.